The molecule has 0 radical (unpaired) electrons. The standard InChI is InChI=1S/C18H28N4/c1-15(2)18(22-9-7-21(3)8-10-22)14-20-13-17-6-4-5-16(11-17)12-19/h4-6,11,15,18,20H,7-10,13-14H2,1-3H3. The first-order valence-corrected chi connectivity index (χ1v) is 8.22. The zero-order chi connectivity index (χ0) is 15.9. The van der Waals surface area contributed by atoms with Gasteiger partial charge in [0.25, 0.3) is 0 Å². The van der Waals surface area contributed by atoms with Gasteiger partial charge in [-0.05, 0) is 30.7 Å². The van der Waals surface area contributed by atoms with Crippen LogP contribution < -0.4 is 5.32 Å². The summed E-state index contributed by atoms with van der Waals surface area (Å²) in [7, 11) is 2.20. The summed E-state index contributed by atoms with van der Waals surface area (Å²) in [4.78, 5) is 5.01. The first-order valence-electron chi connectivity index (χ1n) is 8.22. The van der Waals surface area contributed by atoms with Gasteiger partial charge in [0.2, 0.25) is 0 Å². The minimum absolute atomic E-state index is 0.577. The third-order valence-corrected chi connectivity index (χ3v) is 4.52. The Bertz CT molecular complexity index is 498. The van der Waals surface area contributed by atoms with Gasteiger partial charge < -0.3 is 10.2 Å². The Morgan fingerprint density at radius 3 is 2.59 bits per heavy atom. The highest BCUT2D eigenvalue weighted by molar-refractivity contribution is 5.32. The molecule has 0 aliphatic carbocycles. The second-order valence-electron chi connectivity index (χ2n) is 6.59. The third kappa shape index (κ3) is 4.81. The fourth-order valence-corrected chi connectivity index (χ4v) is 3.06. The molecule has 4 heteroatoms. The smallest absolute Gasteiger partial charge is 0.0991 e. The Kier molecular flexibility index (Phi) is 6.38. The average Bonchev–Trinajstić information content (AvgIpc) is 2.52. The van der Waals surface area contributed by atoms with Crippen molar-refractivity contribution >= 4 is 0 Å². The van der Waals surface area contributed by atoms with Crippen molar-refractivity contribution in [2.24, 2.45) is 5.92 Å². The Morgan fingerprint density at radius 1 is 1.23 bits per heavy atom. The van der Waals surface area contributed by atoms with Gasteiger partial charge in [0.15, 0.2) is 0 Å². The largest absolute Gasteiger partial charge is 0.311 e. The van der Waals surface area contributed by atoms with E-state index in [9.17, 15) is 0 Å². The second-order valence-corrected chi connectivity index (χ2v) is 6.59. The Morgan fingerprint density at radius 2 is 1.95 bits per heavy atom. The van der Waals surface area contributed by atoms with Crippen LogP contribution in [0.4, 0.5) is 0 Å². The molecule has 1 unspecified atom stereocenters. The molecule has 0 bridgehead atoms. The highest BCUT2D eigenvalue weighted by Gasteiger charge is 2.24. The number of hydrogen-bond acceptors (Lipinski definition) is 4. The van der Waals surface area contributed by atoms with Crippen LogP contribution in [0.15, 0.2) is 24.3 Å². The lowest BCUT2D eigenvalue weighted by molar-refractivity contribution is 0.0875. The number of hydrogen-bond donors (Lipinski definition) is 1. The molecule has 4 nitrogen and oxygen atoms in total. The van der Waals surface area contributed by atoms with Gasteiger partial charge in [-0.15, -0.1) is 0 Å². The summed E-state index contributed by atoms with van der Waals surface area (Å²) in [6.45, 7) is 11.1. The van der Waals surface area contributed by atoms with E-state index in [2.05, 4.69) is 48.1 Å². The molecular weight excluding hydrogens is 272 g/mol. The van der Waals surface area contributed by atoms with Crippen molar-refractivity contribution in [2.75, 3.05) is 39.8 Å². The van der Waals surface area contributed by atoms with E-state index in [1.807, 2.05) is 18.2 Å². The molecule has 22 heavy (non-hydrogen) atoms. The SMILES string of the molecule is CC(C)C(CNCc1cccc(C#N)c1)N1CCN(C)CC1. The zero-order valence-corrected chi connectivity index (χ0v) is 14.0. The van der Waals surface area contributed by atoms with Crippen molar-refractivity contribution in [1.29, 1.82) is 5.26 Å². The van der Waals surface area contributed by atoms with E-state index in [0.717, 1.165) is 44.8 Å². The monoisotopic (exact) mass is 300 g/mol. The van der Waals surface area contributed by atoms with E-state index >= 15 is 0 Å². The second kappa shape index (κ2) is 8.28. The summed E-state index contributed by atoms with van der Waals surface area (Å²) < 4.78 is 0. The van der Waals surface area contributed by atoms with Crippen molar-refractivity contribution in [3.05, 3.63) is 35.4 Å². The van der Waals surface area contributed by atoms with E-state index in [1.54, 1.807) is 0 Å². The fraction of sp³-hybridized carbons (Fsp3) is 0.611. The van der Waals surface area contributed by atoms with Crippen LogP contribution in [0.25, 0.3) is 0 Å². The maximum atomic E-state index is 8.96. The van der Waals surface area contributed by atoms with E-state index < -0.39 is 0 Å². The normalized spacial score (nSPS) is 18.3. The highest BCUT2D eigenvalue weighted by atomic mass is 15.3. The maximum Gasteiger partial charge on any atom is 0.0991 e. The molecule has 1 aliphatic heterocycles. The Hall–Kier alpha value is -1.41. The lowest BCUT2D eigenvalue weighted by Crippen LogP contribution is -2.53. The van der Waals surface area contributed by atoms with Gasteiger partial charge in [0, 0.05) is 45.3 Å². The Balaban J connectivity index is 1.85. The van der Waals surface area contributed by atoms with Crippen molar-refractivity contribution < 1.29 is 0 Å². The summed E-state index contributed by atoms with van der Waals surface area (Å²) >= 11 is 0. The van der Waals surface area contributed by atoms with Crippen LogP contribution in [0.3, 0.4) is 0 Å². The lowest BCUT2D eigenvalue weighted by Gasteiger charge is -2.40. The van der Waals surface area contributed by atoms with Gasteiger partial charge in [-0.25, -0.2) is 0 Å². The van der Waals surface area contributed by atoms with Crippen LogP contribution in [0, 0.1) is 17.2 Å². The number of nitrogens with one attached hydrogen (secondary N) is 1. The first kappa shape index (κ1) is 17.0. The molecule has 120 valence electrons. The predicted molar refractivity (Wildman–Crippen MR) is 90.6 cm³/mol. The van der Waals surface area contributed by atoms with Crippen LogP contribution in [-0.4, -0.2) is 55.6 Å². The van der Waals surface area contributed by atoms with Gasteiger partial charge in [-0.3, -0.25) is 4.90 Å². The average molecular weight is 300 g/mol. The van der Waals surface area contributed by atoms with Crippen molar-refractivity contribution in [3.63, 3.8) is 0 Å². The topological polar surface area (TPSA) is 42.3 Å². The van der Waals surface area contributed by atoms with Crippen LogP contribution in [-0.2, 0) is 6.54 Å². The van der Waals surface area contributed by atoms with Crippen molar-refractivity contribution in [1.82, 2.24) is 15.1 Å². The molecular formula is C18H28N4. The van der Waals surface area contributed by atoms with E-state index in [4.69, 9.17) is 5.26 Å². The molecule has 2 rings (SSSR count). The van der Waals surface area contributed by atoms with Crippen molar-refractivity contribution in [3.8, 4) is 6.07 Å². The minimum Gasteiger partial charge on any atom is -0.311 e. The minimum atomic E-state index is 0.577. The van der Waals surface area contributed by atoms with Crippen LogP contribution in [0.1, 0.15) is 25.0 Å². The summed E-state index contributed by atoms with van der Waals surface area (Å²) in [5.74, 6) is 0.640. The fourth-order valence-electron chi connectivity index (χ4n) is 3.06. The molecule has 1 aromatic carbocycles. The quantitative estimate of drug-likeness (QED) is 0.871. The number of nitrogens with zero attached hydrogens (tertiary/aromatic N) is 3. The van der Waals surface area contributed by atoms with Crippen LogP contribution in [0.5, 0.6) is 0 Å². The highest BCUT2D eigenvalue weighted by Crippen LogP contribution is 2.13. The van der Waals surface area contributed by atoms with Crippen LogP contribution in [0.2, 0.25) is 0 Å². The lowest BCUT2D eigenvalue weighted by atomic mass is 10.0. The van der Waals surface area contributed by atoms with Crippen molar-refractivity contribution in [2.45, 2.75) is 26.4 Å². The number of nitriles is 1. The molecule has 1 fully saturated rings. The number of piperazine rings is 1. The molecule has 0 amide bonds. The summed E-state index contributed by atoms with van der Waals surface area (Å²) in [5.41, 5.74) is 1.92. The summed E-state index contributed by atoms with van der Waals surface area (Å²) in [5, 5.41) is 12.5. The molecule has 0 spiro atoms. The summed E-state index contributed by atoms with van der Waals surface area (Å²) in [6, 6.07) is 10.6. The zero-order valence-electron chi connectivity index (χ0n) is 14.0. The third-order valence-electron chi connectivity index (χ3n) is 4.52. The maximum absolute atomic E-state index is 8.96. The van der Waals surface area contributed by atoms with E-state index in [0.29, 0.717) is 12.0 Å². The molecule has 1 aromatic rings. The predicted octanol–water partition coefficient (Wildman–Crippen LogP) is 1.92. The number of benzene rings is 1. The van der Waals surface area contributed by atoms with Gasteiger partial charge in [-0.1, -0.05) is 26.0 Å². The van der Waals surface area contributed by atoms with Crippen LogP contribution >= 0.6 is 0 Å². The molecule has 0 saturated carbocycles. The molecule has 1 N–H and O–H groups in total. The van der Waals surface area contributed by atoms with E-state index in [1.165, 1.54) is 5.56 Å². The van der Waals surface area contributed by atoms with Gasteiger partial charge in [0.1, 0.15) is 0 Å². The number of rotatable bonds is 6. The molecule has 1 saturated heterocycles. The van der Waals surface area contributed by atoms with E-state index in [-0.39, 0.29) is 0 Å². The number of likely N-dealkylation sites (N-methyl/N-ethyl adjacent to an activating group) is 1. The van der Waals surface area contributed by atoms with Gasteiger partial charge in [-0.2, -0.15) is 5.26 Å². The van der Waals surface area contributed by atoms with Gasteiger partial charge in [0.05, 0.1) is 11.6 Å². The molecule has 1 atom stereocenters. The van der Waals surface area contributed by atoms with Gasteiger partial charge >= 0.3 is 0 Å². The molecule has 0 aromatic heterocycles. The molecule has 1 heterocycles. The summed E-state index contributed by atoms with van der Waals surface area (Å²) in [6.07, 6.45) is 0. The Labute approximate surface area is 134 Å². The first-order chi connectivity index (χ1) is 10.6. The molecule has 1 aliphatic rings.